The molecule has 2 aromatic carbocycles. The molecule has 0 bridgehead atoms. The molecule has 0 aliphatic carbocycles. The second-order valence-corrected chi connectivity index (χ2v) is 10.2. The molecule has 4 nitrogen and oxygen atoms in total. The van der Waals surface area contributed by atoms with Crippen LogP contribution in [0.15, 0.2) is 40.9 Å². The van der Waals surface area contributed by atoms with Gasteiger partial charge in [0.2, 0.25) is 0 Å². The third kappa shape index (κ3) is 3.84. The molecule has 1 saturated heterocycles. The van der Waals surface area contributed by atoms with Crippen molar-refractivity contribution in [2.45, 2.75) is 45.6 Å². The Kier molecular flexibility index (Phi) is 5.76. The SMILES string of the molecule is Cc1noc(C)c1-c1ccc2c(c1)nc([C@@H](C)Cc1ccc(Cl)c(F)c1)n2[C@@H]1CCSC1. The normalized spacial score (nSPS) is 17.3. The average molecular weight is 470 g/mol. The molecule has 0 unspecified atom stereocenters. The molecule has 1 aliphatic rings. The number of hydrogen-bond donors (Lipinski definition) is 0. The number of imidazole rings is 1. The fourth-order valence-electron chi connectivity index (χ4n) is 4.74. The third-order valence-electron chi connectivity index (χ3n) is 6.28. The molecule has 0 N–H and O–H groups in total. The Bertz CT molecular complexity index is 1270. The lowest BCUT2D eigenvalue weighted by Crippen LogP contribution is -2.15. The van der Waals surface area contributed by atoms with Crippen LogP contribution in [0.2, 0.25) is 5.02 Å². The van der Waals surface area contributed by atoms with E-state index in [0.717, 1.165) is 62.9 Å². The molecule has 166 valence electrons. The predicted molar refractivity (Wildman–Crippen MR) is 129 cm³/mol. The molecule has 32 heavy (non-hydrogen) atoms. The Morgan fingerprint density at radius 1 is 1.25 bits per heavy atom. The van der Waals surface area contributed by atoms with Crippen LogP contribution in [0.1, 0.15) is 48.1 Å². The molecule has 1 fully saturated rings. The average Bonchev–Trinajstić information content (AvgIpc) is 3.49. The zero-order chi connectivity index (χ0) is 22.4. The van der Waals surface area contributed by atoms with E-state index in [4.69, 9.17) is 21.1 Å². The van der Waals surface area contributed by atoms with E-state index in [-0.39, 0.29) is 16.8 Å². The van der Waals surface area contributed by atoms with Crippen molar-refractivity contribution >= 4 is 34.4 Å². The first kappa shape index (κ1) is 21.5. The largest absolute Gasteiger partial charge is 0.361 e. The standard InChI is InChI=1S/C25H25ClFN3OS/c1-14(10-17-4-6-20(26)21(27)11-17)25-28-22-12-18(24-15(2)29-31-16(24)3)5-7-23(22)30(25)19-8-9-32-13-19/h4-7,11-12,14,19H,8-10,13H2,1-3H3/t14-,19+/m0/s1. The van der Waals surface area contributed by atoms with Crippen LogP contribution in [0.5, 0.6) is 0 Å². The highest BCUT2D eigenvalue weighted by molar-refractivity contribution is 7.99. The van der Waals surface area contributed by atoms with Crippen LogP contribution in [-0.2, 0) is 6.42 Å². The summed E-state index contributed by atoms with van der Waals surface area (Å²) in [5.74, 6) is 3.88. The molecule has 0 spiro atoms. The second-order valence-electron chi connectivity index (χ2n) is 8.61. The number of nitrogens with zero attached hydrogens (tertiary/aromatic N) is 3. The number of thioether (sulfide) groups is 1. The van der Waals surface area contributed by atoms with Gasteiger partial charge in [0.25, 0.3) is 0 Å². The Balaban J connectivity index is 1.58. The van der Waals surface area contributed by atoms with Crippen LogP contribution in [0, 0.1) is 19.7 Å². The van der Waals surface area contributed by atoms with Gasteiger partial charge in [0.1, 0.15) is 17.4 Å². The summed E-state index contributed by atoms with van der Waals surface area (Å²) in [6.07, 6.45) is 1.84. The van der Waals surface area contributed by atoms with E-state index in [1.807, 2.05) is 31.7 Å². The van der Waals surface area contributed by atoms with Gasteiger partial charge in [0.05, 0.1) is 21.7 Å². The molecular weight excluding hydrogens is 445 g/mol. The smallest absolute Gasteiger partial charge is 0.142 e. The minimum absolute atomic E-state index is 0.135. The quantitative estimate of drug-likeness (QED) is 0.312. The van der Waals surface area contributed by atoms with Crippen LogP contribution in [-0.4, -0.2) is 26.2 Å². The molecule has 2 atom stereocenters. The minimum Gasteiger partial charge on any atom is -0.361 e. The summed E-state index contributed by atoms with van der Waals surface area (Å²) in [6, 6.07) is 11.9. The summed E-state index contributed by atoms with van der Waals surface area (Å²) < 4.78 is 21.8. The van der Waals surface area contributed by atoms with Crippen LogP contribution in [0.3, 0.4) is 0 Å². The molecular formula is C25H25ClFN3OS. The van der Waals surface area contributed by atoms with Crippen LogP contribution in [0.25, 0.3) is 22.2 Å². The van der Waals surface area contributed by atoms with Gasteiger partial charge >= 0.3 is 0 Å². The maximum Gasteiger partial charge on any atom is 0.142 e. The van der Waals surface area contributed by atoms with E-state index in [1.54, 1.807) is 6.07 Å². The molecule has 5 rings (SSSR count). The van der Waals surface area contributed by atoms with E-state index in [0.29, 0.717) is 12.5 Å². The summed E-state index contributed by atoms with van der Waals surface area (Å²) in [5.41, 5.74) is 6.03. The van der Waals surface area contributed by atoms with Crippen molar-refractivity contribution in [2.75, 3.05) is 11.5 Å². The van der Waals surface area contributed by atoms with E-state index >= 15 is 0 Å². The number of benzene rings is 2. The maximum atomic E-state index is 14.0. The first-order valence-electron chi connectivity index (χ1n) is 10.9. The van der Waals surface area contributed by atoms with Crippen molar-refractivity contribution in [1.82, 2.24) is 14.7 Å². The zero-order valence-corrected chi connectivity index (χ0v) is 19.9. The molecule has 1 aliphatic heterocycles. The Morgan fingerprint density at radius 3 is 2.78 bits per heavy atom. The predicted octanol–water partition coefficient (Wildman–Crippen LogP) is 7.12. The summed E-state index contributed by atoms with van der Waals surface area (Å²) >= 11 is 7.86. The van der Waals surface area contributed by atoms with Gasteiger partial charge in [0.15, 0.2) is 0 Å². The van der Waals surface area contributed by atoms with E-state index in [1.165, 1.54) is 6.07 Å². The highest BCUT2D eigenvalue weighted by Crippen LogP contribution is 2.37. The van der Waals surface area contributed by atoms with Gasteiger partial charge in [-0.15, -0.1) is 0 Å². The Morgan fingerprint density at radius 2 is 2.09 bits per heavy atom. The fraction of sp³-hybridized carbons (Fsp3) is 0.360. The third-order valence-corrected chi connectivity index (χ3v) is 7.73. The monoisotopic (exact) mass is 469 g/mol. The molecule has 3 heterocycles. The van der Waals surface area contributed by atoms with Gasteiger partial charge in [-0.2, -0.15) is 11.8 Å². The van der Waals surface area contributed by atoms with Crippen LogP contribution < -0.4 is 0 Å². The van der Waals surface area contributed by atoms with Gasteiger partial charge in [-0.3, -0.25) is 0 Å². The lowest BCUT2D eigenvalue weighted by molar-refractivity contribution is 0.393. The molecule has 0 saturated carbocycles. The number of fused-ring (bicyclic) bond motifs is 1. The lowest BCUT2D eigenvalue weighted by atomic mass is 10.00. The molecule has 2 aromatic heterocycles. The highest BCUT2D eigenvalue weighted by Gasteiger charge is 2.26. The van der Waals surface area contributed by atoms with Crippen molar-refractivity contribution in [3.8, 4) is 11.1 Å². The summed E-state index contributed by atoms with van der Waals surface area (Å²) in [5, 5.41) is 4.26. The van der Waals surface area contributed by atoms with Crippen LogP contribution >= 0.6 is 23.4 Å². The lowest BCUT2D eigenvalue weighted by Gasteiger charge is -2.20. The van der Waals surface area contributed by atoms with Crippen molar-refractivity contribution < 1.29 is 8.91 Å². The van der Waals surface area contributed by atoms with Gasteiger partial charge < -0.3 is 9.09 Å². The van der Waals surface area contributed by atoms with Crippen molar-refractivity contribution in [3.05, 3.63) is 70.1 Å². The highest BCUT2D eigenvalue weighted by atomic mass is 35.5. The summed E-state index contributed by atoms with van der Waals surface area (Å²) in [7, 11) is 0. The van der Waals surface area contributed by atoms with Crippen molar-refractivity contribution in [2.24, 2.45) is 0 Å². The van der Waals surface area contributed by atoms with Gasteiger partial charge in [-0.1, -0.05) is 35.8 Å². The second kappa shape index (κ2) is 8.56. The van der Waals surface area contributed by atoms with E-state index in [9.17, 15) is 4.39 Å². The minimum atomic E-state index is -0.374. The zero-order valence-electron chi connectivity index (χ0n) is 18.4. The maximum absolute atomic E-state index is 14.0. The first-order chi connectivity index (χ1) is 15.4. The molecule has 4 aromatic rings. The van der Waals surface area contributed by atoms with E-state index < -0.39 is 0 Å². The summed E-state index contributed by atoms with van der Waals surface area (Å²) in [6.45, 7) is 6.07. The van der Waals surface area contributed by atoms with E-state index in [2.05, 4.69) is 34.8 Å². The molecule has 7 heteroatoms. The van der Waals surface area contributed by atoms with Gasteiger partial charge in [-0.05, 0) is 67.8 Å². The fourth-order valence-corrected chi connectivity index (χ4v) is 6.05. The molecule has 0 amide bonds. The number of aryl methyl sites for hydroxylation is 2. The van der Waals surface area contributed by atoms with Crippen molar-refractivity contribution in [1.29, 1.82) is 0 Å². The number of hydrogen-bond acceptors (Lipinski definition) is 4. The summed E-state index contributed by atoms with van der Waals surface area (Å²) in [4.78, 5) is 5.11. The molecule has 0 radical (unpaired) electrons. The van der Waals surface area contributed by atoms with Gasteiger partial charge in [0, 0.05) is 23.3 Å². The Hall–Kier alpha value is -2.31. The number of rotatable bonds is 5. The Labute approximate surface area is 196 Å². The topological polar surface area (TPSA) is 43.9 Å². The van der Waals surface area contributed by atoms with Crippen LogP contribution in [0.4, 0.5) is 4.39 Å². The first-order valence-corrected chi connectivity index (χ1v) is 12.4. The van der Waals surface area contributed by atoms with Crippen molar-refractivity contribution in [3.63, 3.8) is 0 Å². The number of halogens is 2. The number of aromatic nitrogens is 3. The van der Waals surface area contributed by atoms with Gasteiger partial charge in [-0.25, -0.2) is 9.37 Å².